The number of aromatic nitrogens is 4. The van der Waals surface area contributed by atoms with E-state index in [2.05, 4.69) is 21.1 Å². The number of thioether (sulfide) groups is 1. The lowest BCUT2D eigenvalue weighted by Gasteiger charge is -2.04. The predicted molar refractivity (Wildman–Crippen MR) is 100 cm³/mol. The van der Waals surface area contributed by atoms with E-state index in [0.29, 0.717) is 27.5 Å². The Hall–Kier alpha value is -3.37. The highest BCUT2D eigenvalue weighted by molar-refractivity contribution is 7.98. The number of para-hydroxylation sites is 1. The minimum absolute atomic E-state index is 0.209. The number of H-pyrrole nitrogens is 1. The third-order valence-corrected chi connectivity index (χ3v) is 4.82. The molecule has 0 aliphatic carbocycles. The number of fused-ring (bicyclic) bond motifs is 1. The van der Waals surface area contributed by atoms with E-state index in [1.54, 1.807) is 16.8 Å². The molecule has 4 aromatic rings. The molecule has 0 saturated carbocycles. The zero-order valence-electron chi connectivity index (χ0n) is 13.6. The topological polar surface area (TPSA) is 87.4 Å². The molecule has 0 unspecified atom stereocenters. The predicted octanol–water partition coefficient (Wildman–Crippen LogP) is 3.27. The van der Waals surface area contributed by atoms with Crippen molar-refractivity contribution in [3.05, 3.63) is 82.3 Å². The van der Waals surface area contributed by atoms with E-state index >= 15 is 0 Å². The van der Waals surface area contributed by atoms with Crippen LogP contribution in [0.1, 0.15) is 11.1 Å². The molecular formula is C19H13N5OS. The second-order valence-electron chi connectivity index (χ2n) is 5.60. The van der Waals surface area contributed by atoms with Gasteiger partial charge in [-0.25, -0.2) is 9.67 Å². The summed E-state index contributed by atoms with van der Waals surface area (Å²) >= 11 is 1.43. The van der Waals surface area contributed by atoms with Gasteiger partial charge in [0.15, 0.2) is 10.8 Å². The molecule has 4 rings (SSSR count). The van der Waals surface area contributed by atoms with Crippen molar-refractivity contribution in [3.8, 4) is 11.8 Å². The van der Waals surface area contributed by atoms with Gasteiger partial charge in [0, 0.05) is 5.75 Å². The van der Waals surface area contributed by atoms with Crippen LogP contribution >= 0.6 is 11.8 Å². The van der Waals surface area contributed by atoms with Crippen molar-refractivity contribution in [2.75, 3.05) is 0 Å². The molecule has 26 heavy (non-hydrogen) atoms. The van der Waals surface area contributed by atoms with E-state index in [-0.39, 0.29) is 5.56 Å². The minimum Gasteiger partial charge on any atom is -0.301 e. The van der Waals surface area contributed by atoms with E-state index in [0.717, 1.165) is 11.3 Å². The normalized spacial score (nSPS) is 10.7. The lowest BCUT2D eigenvalue weighted by molar-refractivity contribution is 0.873. The number of nitrogens with one attached hydrogen (secondary N) is 1. The molecule has 126 valence electrons. The van der Waals surface area contributed by atoms with Gasteiger partial charge in [0.2, 0.25) is 0 Å². The molecule has 7 heteroatoms. The molecule has 2 aromatic heterocycles. The van der Waals surface area contributed by atoms with Gasteiger partial charge < -0.3 is 4.98 Å². The summed E-state index contributed by atoms with van der Waals surface area (Å²) in [5, 5.41) is 14.1. The van der Waals surface area contributed by atoms with Crippen LogP contribution in [0.25, 0.3) is 16.7 Å². The smallest absolute Gasteiger partial charge is 0.262 e. The van der Waals surface area contributed by atoms with Gasteiger partial charge in [-0.1, -0.05) is 42.1 Å². The minimum atomic E-state index is -0.209. The first-order valence-corrected chi connectivity index (χ1v) is 8.88. The van der Waals surface area contributed by atoms with Crippen molar-refractivity contribution in [2.24, 2.45) is 0 Å². The second kappa shape index (κ2) is 6.86. The van der Waals surface area contributed by atoms with Gasteiger partial charge in [0.05, 0.1) is 23.5 Å². The highest BCUT2D eigenvalue weighted by Gasteiger charge is 2.11. The summed E-state index contributed by atoms with van der Waals surface area (Å²) in [7, 11) is 0. The SMILES string of the molecule is N#Cc1ccc(CSc2nc3c(cnn3-c3ccccc3)c(=O)[nH]2)cc1. The molecule has 0 atom stereocenters. The first-order valence-electron chi connectivity index (χ1n) is 7.90. The van der Waals surface area contributed by atoms with Crippen molar-refractivity contribution in [3.63, 3.8) is 0 Å². The third kappa shape index (κ3) is 3.10. The Labute approximate surface area is 153 Å². The Morgan fingerprint density at radius 3 is 2.62 bits per heavy atom. The molecule has 0 fully saturated rings. The Morgan fingerprint density at radius 2 is 1.88 bits per heavy atom. The zero-order valence-corrected chi connectivity index (χ0v) is 14.4. The standard InChI is InChI=1S/C19H13N5OS/c20-10-13-6-8-14(9-7-13)12-26-19-22-17-16(18(25)23-19)11-21-24(17)15-4-2-1-3-5-15/h1-9,11H,12H2,(H,22,23,25). The lowest BCUT2D eigenvalue weighted by atomic mass is 10.2. The van der Waals surface area contributed by atoms with Crippen LogP contribution in [0.4, 0.5) is 0 Å². The first kappa shape index (κ1) is 16.1. The molecular weight excluding hydrogens is 346 g/mol. The fourth-order valence-corrected chi connectivity index (χ4v) is 3.36. The summed E-state index contributed by atoms with van der Waals surface area (Å²) in [5.41, 5.74) is 2.84. The quantitative estimate of drug-likeness (QED) is 0.446. The van der Waals surface area contributed by atoms with Crippen molar-refractivity contribution < 1.29 is 0 Å². The monoisotopic (exact) mass is 359 g/mol. The number of rotatable bonds is 4. The van der Waals surface area contributed by atoms with E-state index in [4.69, 9.17) is 5.26 Å². The van der Waals surface area contributed by atoms with E-state index in [1.165, 1.54) is 18.0 Å². The van der Waals surface area contributed by atoms with Crippen LogP contribution in [0.15, 0.2) is 70.7 Å². The molecule has 1 N–H and O–H groups in total. The molecule has 0 aliphatic heterocycles. The van der Waals surface area contributed by atoms with E-state index in [1.807, 2.05) is 42.5 Å². The number of hydrogen-bond acceptors (Lipinski definition) is 5. The molecule has 0 bridgehead atoms. The maximum Gasteiger partial charge on any atom is 0.262 e. The van der Waals surface area contributed by atoms with Gasteiger partial charge in [-0.05, 0) is 29.8 Å². The molecule has 6 nitrogen and oxygen atoms in total. The van der Waals surface area contributed by atoms with Crippen LogP contribution in [0.5, 0.6) is 0 Å². The van der Waals surface area contributed by atoms with Gasteiger partial charge >= 0.3 is 0 Å². The average molecular weight is 359 g/mol. The number of nitrogens with zero attached hydrogens (tertiary/aromatic N) is 4. The van der Waals surface area contributed by atoms with Gasteiger partial charge in [-0.2, -0.15) is 10.4 Å². The molecule has 0 aliphatic rings. The van der Waals surface area contributed by atoms with Crippen LogP contribution in [-0.2, 0) is 5.75 Å². The van der Waals surface area contributed by atoms with E-state index in [9.17, 15) is 4.79 Å². The van der Waals surface area contributed by atoms with Crippen molar-refractivity contribution in [1.29, 1.82) is 5.26 Å². The van der Waals surface area contributed by atoms with Gasteiger partial charge in [-0.15, -0.1) is 0 Å². The molecule has 0 spiro atoms. The zero-order chi connectivity index (χ0) is 17.9. The molecule has 2 heterocycles. The average Bonchev–Trinajstić information content (AvgIpc) is 3.12. The van der Waals surface area contributed by atoms with Crippen molar-refractivity contribution >= 4 is 22.8 Å². The Kier molecular flexibility index (Phi) is 4.25. The third-order valence-electron chi connectivity index (χ3n) is 3.88. The number of benzene rings is 2. The highest BCUT2D eigenvalue weighted by Crippen LogP contribution is 2.21. The molecule has 2 aromatic carbocycles. The number of aromatic amines is 1. The van der Waals surface area contributed by atoms with Crippen LogP contribution in [-0.4, -0.2) is 19.7 Å². The molecule has 0 radical (unpaired) electrons. The number of hydrogen-bond donors (Lipinski definition) is 1. The van der Waals surface area contributed by atoms with Crippen LogP contribution in [0, 0.1) is 11.3 Å². The van der Waals surface area contributed by atoms with Crippen LogP contribution in [0.3, 0.4) is 0 Å². The number of nitriles is 1. The van der Waals surface area contributed by atoms with Gasteiger partial charge in [-0.3, -0.25) is 4.79 Å². The summed E-state index contributed by atoms with van der Waals surface area (Å²) in [5.74, 6) is 0.639. The lowest BCUT2D eigenvalue weighted by Crippen LogP contribution is -2.09. The van der Waals surface area contributed by atoms with E-state index < -0.39 is 0 Å². The van der Waals surface area contributed by atoms with Gasteiger partial charge in [0.25, 0.3) is 5.56 Å². The fraction of sp³-hybridized carbons (Fsp3) is 0.0526. The summed E-state index contributed by atoms with van der Waals surface area (Å²) in [6, 6.07) is 19.0. The summed E-state index contributed by atoms with van der Waals surface area (Å²) in [6.07, 6.45) is 1.53. The second-order valence-corrected chi connectivity index (χ2v) is 6.56. The maximum atomic E-state index is 12.3. The van der Waals surface area contributed by atoms with Crippen LogP contribution in [0.2, 0.25) is 0 Å². The summed E-state index contributed by atoms with van der Waals surface area (Å²) in [6.45, 7) is 0. The highest BCUT2D eigenvalue weighted by atomic mass is 32.2. The molecule has 0 saturated heterocycles. The van der Waals surface area contributed by atoms with Crippen LogP contribution < -0.4 is 5.56 Å². The largest absolute Gasteiger partial charge is 0.301 e. The summed E-state index contributed by atoms with van der Waals surface area (Å²) < 4.78 is 1.66. The Balaban J connectivity index is 1.65. The Bertz CT molecular complexity index is 1160. The molecule has 0 amide bonds. The summed E-state index contributed by atoms with van der Waals surface area (Å²) in [4.78, 5) is 19.7. The fourth-order valence-electron chi connectivity index (χ4n) is 2.55. The Morgan fingerprint density at radius 1 is 1.12 bits per heavy atom. The van der Waals surface area contributed by atoms with Gasteiger partial charge in [0.1, 0.15) is 5.39 Å². The van der Waals surface area contributed by atoms with Crippen molar-refractivity contribution in [1.82, 2.24) is 19.7 Å². The first-order chi connectivity index (χ1) is 12.7. The van der Waals surface area contributed by atoms with Crippen molar-refractivity contribution in [2.45, 2.75) is 10.9 Å². The maximum absolute atomic E-state index is 12.3.